The Bertz CT molecular complexity index is 874. The van der Waals surface area contributed by atoms with Gasteiger partial charge in [-0.25, -0.2) is 18.1 Å². The molecule has 0 fully saturated rings. The van der Waals surface area contributed by atoms with Crippen LogP contribution in [0, 0.1) is 0 Å². The van der Waals surface area contributed by atoms with E-state index in [4.69, 9.17) is 0 Å². The smallest absolute Gasteiger partial charge is 0.240 e. The predicted octanol–water partition coefficient (Wildman–Crippen LogP) is 3.58. The summed E-state index contributed by atoms with van der Waals surface area (Å²) in [6.45, 7) is 0.328. The van der Waals surface area contributed by atoms with Gasteiger partial charge in [0.05, 0.1) is 20.1 Å². The van der Waals surface area contributed by atoms with Crippen LogP contribution in [0.5, 0.6) is 0 Å². The van der Waals surface area contributed by atoms with Crippen LogP contribution in [0.2, 0.25) is 0 Å². The number of para-hydroxylation sites is 1. The highest BCUT2D eigenvalue weighted by molar-refractivity contribution is 9.10. The van der Waals surface area contributed by atoms with Crippen LogP contribution in [-0.4, -0.2) is 19.9 Å². The van der Waals surface area contributed by atoms with Gasteiger partial charge >= 0.3 is 0 Å². The van der Waals surface area contributed by atoms with Gasteiger partial charge in [0.2, 0.25) is 10.0 Å². The molecule has 7 heteroatoms. The van der Waals surface area contributed by atoms with Gasteiger partial charge in [0.15, 0.2) is 0 Å². The zero-order chi connectivity index (χ0) is 15.6. The molecule has 0 aliphatic rings. The van der Waals surface area contributed by atoms with Crippen molar-refractivity contribution in [1.29, 1.82) is 0 Å². The number of benzene rings is 2. The Morgan fingerprint density at radius 3 is 2.73 bits per heavy atom. The van der Waals surface area contributed by atoms with Crippen molar-refractivity contribution in [2.24, 2.45) is 0 Å². The molecular weight excluding hydrogens is 384 g/mol. The summed E-state index contributed by atoms with van der Waals surface area (Å²) in [5, 5.41) is 0.929. The molecule has 0 aliphatic carbocycles. The zero-order valence-corrected chi connectivity index (χ0v) is 14.7. The average Bonchev–Trinajstić information content (AvgIpc) is 2.89. The van der Waals surface area contributed by atoms with Crippen LogP contribution < -0.4 is 4.72 Å². The molecule has 0 aliphatic heterocycles. The lowest BCUT2D eigenvalue weighted by atomic mass is 10.3. The molecule has 3 rings (SSSR count). The molecule has 0 saturated carbocycles. The normalized spacial score (nSPS) is 11.9. The Morgan fingerprint density at radius 1 is 1.14 bits per heavy atom. The third-order valence-electron chi connectivity index (χ3n) is 3.08. The fourth-order valence-electron chi connectivity index (χ4n) is 2.04. The maximum Gasteiger partial charge on any atom is 0.240 e. The first kappa shape index (κ1) is 15.6. The van der Waals surface area contributed by atoms with Crippen LogP contribution in [-0.2, 0) is 16.4 Å². The Morgan fingerprint density at radius 2 is 1.95 bits per heavy atom. The molecule has 0 unspecified atom stereocenters. The van der Waals surface area contributed by atoms with Gasteiger partial charge in [0.25, 0.3) is 0 Å². The number of halogens is 1. The molecular formula is C15H13BrN2O2S2. The van der Waals surface area contributed by atoms with E-state index >= 15 is 0 Å². The number of thiazole rings is 1. The van der Waals surface area contributed by atoms with Crippen LogP contribution in [0.4, 0.5) is 0 Å². The second kappa shape index (κ2) is 6.45. The minimum atomic E-state index is -3.49. The minimum absolute atomic E-state index is 0.256. The molecule has 0 saturated heterocycles. The molecule has 3 aromatic rings. The Hall–Kier alpha value is -1.28. The summed E-state index contributed by atoms with van der Waals surface area (Å²) in [4.78, 5) is 4.75. The Balaban J connectivity index is 1.67. The SMILES string of the molecule is O=S(=O)(NCCc1nc2ccccc2s1)c1cccc(Br)c1. The highest BCUT2D eigenvalue weighted by Gasteiger charge is 2.14. The molecule has 0 atom stereocenters. The molecule has 0 bridgehead atoms. The van der Waals surface area contributed by atoms with Crippen LogP contribution in [0.3, 0.4) is 0 Å². The van der Waals surface area contributed by atoms with E-state index < -0.39 is 10.0 Å². The number of hydrogen-bond acceptors (Lipinski definition) is 4. The fraction of sp³-hybridized carbons (Fsp3) is 0.133. The standard InChI is InChI=1S/C15H13BrN2O2S2/c16-11-4-3-5-12(10-11)22(19,20)17-9-8-15-18-13-6-1-2-7-14(13)21-15/h1-7,10,17H,8-9H2. The van der Waals surface area contributed by atoms with E-state index in [1.807, 2.05) is 24.3 Å². The predicted molar refractivity (Wildman–Crippen MR) is 92.7 cm³/mol. The molecule has 1 heterocycles. The summed E-state index contributed by atoms with van der Waals surface area (Å²) in [5.41, 5.74) is 0.956. The first-order valence-electron chi connectivity index (χ1n) is 6.64. The van der Waals surface area contributed by atoms with Crippen molar-refractivity contribution in [3.63, 3.8) is 0 Å². The number of hydrogen-bond donors (Lipinski definition) is 1. The molecule has 2 aromatic carbocycles. The number of rotatable bonds is 5. The summed E-state index contributed by atoms with van der Waals surface area (Å²) in [7, 11) is -3.49. The lowest BCUT2D eigenvalue weighted by molar-refractivity contribution is 0.581. The Labute approximate surface area is 141 Å². The monoisotopic (exact) mass is 396 g/mol. The lowest BCUT2D eigenvalue weighted by Gasteiger charge is -2.06. The third kappa shape index (κ3) is 3.55. The van der Waals surface area contributed by atoms with Crippen molar-refractivity contribution in [2.75, 3.05) is 6.54 Å². The van der Waals surface area contributed by atoms with Crippen molar-refractivity contribution < 1.29 is 8.42 Å². The summed E-state index contributed by atoms with van der Waals surface area (Å²) in [6, 6.07) is 14.5. The van der Waals surface area contributed by atoms with Gasteiger partial charge in [-0.05, 0) is 30.3 Å². The maximum atomic E-state index is 12.2. The highest BCUT2D eigenvalue weighted by Crippen LogP contribution is 2.22. The van der Waals surface area contributed by atoms with E-state index in [1.165, 1.54) is 0 Å². The zero-order valence-electron chi connectivity index (χ0n) is 11.5. The summed E-state index contributed by atoms with van der Waals surface area (Å²) in [5.74, 6) is 0. The number of fused-ring (bicyclic) bond motifs is 1. The second-order valence-electron chi connectivity index (χ2n) is 4.68. The van der Waals surface area contributed by atoms with Gasteiger partial charge in [-0.15, -0.1) is 11.3 Å². The molecule has 0 radical (unpaired) electrons. The minimum Gasteiger partial charge on any atom is -0.241 e. The van der Waals surface area contributed by atoms with Crippen molar-refractivity contribution in [2.45, 2.75) is 11.3 Å². The van der Waals surface area contributed by atoms with E-state index in [9.17, 15) is 8.42 Å². The van der Waals surface area contributed by atoms with Gasteiger partial charge in [-0.2, -0.15) is 0 Å². The second-order valence-corrected chi connectivity index (χ2v) is 8.48. The van der Waals surface area contributed by atoms with Crippen molar-refractivity contribution in [3.8, 4) is 0 Å². The number of nitrogens with zero attached hydrogens (tertiary/aromatic N) is 1. The molecule has 0 spiro atoms. The molecule has 4 nitrogen and oxygen atoms in total. The number of nitrogens with one attached hydrogen (secondary N) is 1. The van der Waals surface area contributed by atoms with E-state index in [2.05, 4.69) is 25.6 Å². The number of sulfonamides is 1. The van der Waals surface area contributed by atoms with Gasteiger partial charge in [0.1, 0.15) is 0 Å². The topological polar surface area (TPSA) is 59.1 Å². The molecule has 114 valence electrons. The first-order chi connectivity index (χ1) is 10.5. The number of aromatic nitrogens is 1. The average molecular weight is 397 g/mol. The van der Waals surface area contributed by atoms with Crippen LogP contribution in [0.15, 0.2) is 57.9 Å². The largest absolute Gasteiger partial charge is 0.241 e. The summed E-state index contributed by atoms with van der Waals surface area (Å²) >= 11 is 4.87. The van der Waals surface area contributed by atoms with E-state index in [0.29, 0.717) is 13.0 Å². The first-order valence-corrected chi connectivity index (χ1v) is 9.73. The van der Waals surface area contributed by atoms with Crippen LogP contribution in [0.1, 0.15) is 5.01 Å². The fourth-order valence-corrected chi connectivity index (χ4v) is 4.63. The molecule has 1 N–H and O–H groups in total. The van der Waals surface area contributed by atoms with E-state index in [0.717, 1.165) is 19.7 Å². The highest BCUT2D eigenvalue weighted by atomic mass is 79.9. The quantitative estimate of drug-likeness (QED) is 0.716. The third-order valence-corrected chi connectivity index (χ3v) is 6.12. The van der Waals surface area contributed by atoms with Crippen LogP contribution in [0.25, 0.3) is 10.2 Å². The van der Waals surface area contributed by atoms with Gasteiger partial charge < -0.3 is 0 Å². The van der Waals surface area contributed by atoms with Gasteiger partial charge in [-0.3, -0.25) is 0 Å². The molecule has 0 amide bonds. The maximum absolute atomic E-state index is 12.2. The summed E-state index contributed by atoms with van der Waals surface area (Å²) < 4.78 is 28.9. The van der Waals surface area contributed by atoms with Crippen molar-refractivity contribution >= 4 is 47.5 Å². The van der Waals surface area contributed by atoms with Crippen molar-refractivity contribution in [3.05, 3.63) is 58.0 Å². The van der Waals surface area contributed by atoms with Gasteiger partial charge in [0, 0.05) is 17.4 Å². The van der Waals surface area contributed by atoms with E-state index in [1.54, 1.807) is 35.6 Å². The summed E-state index contributed by atoms with van der Waals surface area (Å²) in [6.07, 6.45) is 0.576. The Kier molecular flexibility index (Phi) is 4.58. The van der Waals surface area contributed by atoms with Gasteiger partial charge in [-0.1, -0.05) is 34.1 Å². The molecule has 22 heavy (non-hydrogen) atoms. The molecule has 1 aromatic heterocycles. The van der Waals surface area contributed by atoms with Crippen LogP contribution >= 0.6 is 27.3 Å². The van der Waals surface area contributed by atoms with Crippen molar-refractivity contribution in [1.82, 2.24) is 9.71 Å². The lowest BCUT2D eigenvalue weighted by Crippen LogP contribution is -2.25. The van der Waals surface area contributed by atoms with E-state index in [-0.39, 0.29) is 4.90 Å².